The quantitative estimate of drug-likeness (QED) is 0.613. The minimum atomic E-state index is -0.789. The molecule has 0 spiro atoms. The van der Waals surface area contributed by atoms with E-state index >= 15 is 0 Å². The number of terminal acetylenes is 1. The van der Waals surface area contributed by atoms with Crippen LogP contribution in [0, 0.1) is 12.3 Å². The average molecular weight is 255 g/mol. The highest BCUT2D eigenvalue weighted by Gasteiger charge is 2.50. The third-order valence-electron chi connectivity index (χ3n) is 3.77. The van der Waals surface area contributed by atoms with E-state index in [0.717, 1.165) is 5.56 Å². The fraction of sp³-hybridized carbons (Fsp3) is 0.375. The number of imide groups is 1. The summed E-state index contributed by atoms with van der Waals surface area (Å²) in [4.78, 5) is 26.0. The SMILES string of the molecule is C#CC(CC)N1C(=O)CC(C)(c2ccccc2)C1=O. The summed E-state index contributed by atoms with van der Waals surface area (Å²) in [5.41, 5.74) is 0.0746. The number of rotatable bonds is 3. The lowest BCUT2D eigenvalue weighted by molar-refractivity contribution is -0.141. The molecule has 1 heterocycles. The average Bonchev–Trinajstić information content (AvgIpc) is 2.66. The van der Waals surface area contributed by atoms with Gasteiger partial charge in [0.25, 0.3) is 0 Å². The molecular formula is C16H17NO2. The number of hydrogen-bond acceptors (Lipinski definition) is 2. The van der Waals surface area contributed by atoms with Crippen molar-refractivity contribution in [3.8, 4) is 12.3 Å². The van der Waals surface area contributed by atoms with E-state index in [2.05, 4.69) is 5.92 Å². The summed E-state index contributed by atoms with van der Waals surface area (Å²) in [6, 6.07) is 8.96. The van der Waals surface area contributed by atoms with Gasteiger partial charge in [0.15, 0.2) is 0 Å². The van der Waals surface area contributed by atoms with Crippen LogP contribution in [0.3, 0.4) is 0 Å². The Morgan fingerprint density at radius 2 is 2.00 bits per heavy atom. The molecule has 1 aliphatic rings. The largest absolute Gasteiger partial charge is 0.274 e. The van der Waals surface area contributed by atoms with Crippen LogP contribution in [0.2, 0.25) is 0 Å². The molecule has 98 valence electrons. The Labute approximate surface area is 113 Å². The Kier molecular flexibility index (Phi) is 3.44. The number of carbonyl (C=O) groups is 2. The number of carbonyl (C=O) groups excluding carboxylic acids is 2. The molecule has 2 amide bonds. The molecule has 1 saturated heterocycles. The van der Waals surface area contributed by atoms with Gasteiger partial charge in [0.05, 0.1) is 5.41 Å². The topological polar surface area (TPSA) is 37.4 Å². The summed E-state index contributed by atoms with van der Waals surface area (Å²) in [6.45, 7) is 3.69. The maximum atomic E-state index is 12.6. The van der Waals surface area contributed by atoms with Gasteiger partial charge in [-0.2, -0.15) is 0 Å². The molecular weight excluding hydrogens is 238 g/mol. The van der Waals surface area contributed by atoms with Gasteiger partial charge in [-0.25, -0.2) is 0 Å². The molecule has 19 heavy (non-hydrogen) atoms. The highest BCUT2D eigenvalue weighted by atomic mass is 16.2. The van der Waals surface area contributed by atoms with Gasteiger partial charge >= 0.3 is 0 Å². The maximum absolute atomic E-state index is 12.6. The van der Waals surface area contributed by atoms with Gasteiger partial charge in [-0.05, 0) is 18.9 Å². The van der Waals surface area contributed by atoms with Crippen molar-refractivity contribution < 1.29 is 9.59 Å². The van der Waals surface area contributed by atoms with Gasteiger partial charge in [0, 0.05) is 6.42 Å². The van der Waals surface area contributed by atoms with Crippen LogP contribution in [0.15, 0.2) is 30.3 Å². The predicted molar refractivity (Wildman–Crippen MR) is 73.2 cm³/mol. The first-order valence-electron chi connectivity index (χ1n) is 6.42. The Morgan fingerprint density at radius 3 is 2.53 bits per heavy atom. The van der Waals surface area contributed by atoms with E-state index in [0.29, 0.717) is 6.42 Å². The van der Waals surface area contributed by atoms with Gasteiger partial charge < -0.3 is 0 Å². The molecule has 2 rings (SSSR count). The van der Waals surface area contributed by atoms with E-state index in [4.69, 9.17) is 6.42 Å². The lowest BCUT2D eigenvalue weighted by atomic mass is 9.81. The highest BCUT2D eigenvalue weighted by Crippen LogP contribution is 2.37. The Morgan fingerprint density at radius 1 is 1.37 bits per heavy atom. The van der Waals surface area contributed by atoms with Crippen molar-refractivity contribution in [3.63, 3.8) is 0 Å². The van der Waals surface area contributed by atoms with E-state index in [1.54, 1.807) is 0 Å². The Hall–Kier alpha value is -2.08. The highest BCUT2D eigenvalue weighted by molar-refractivity contribution is 6.09. The van der Waals surface area contributed by atoms with Crippen LogP contribution in [-0.2, 0) is 15.0 Å². The lowest BCUT2D eigenvalue weighted by Gasteiger charge is -2.25. The van der Waals surface area contributed by atoms with E-state index < -0.39 is 11.5 Å². The summed E-state index contributed by atoms with van der Waals surface area (Å²) < 4.78 is 0. The minimum Gasteiger partial charge on any atom is -0.274 e. The first-order chi connectivity index (χ1) is 9.04. The molecule has 0 radical (unpaired) electrons. The van der Waals surface area contributed by atoms with Crippen LogP contribution in [0.4, 0.5) is 0 Å². The molecule has 3 heteroatoms. The maximum Gasteiger partial charge on any atom is 0.241 e. The second kappa shape index (κ2) is 4.89. The van der Waals surface area contributed by atoms with E-state index in [-0.39, 0.29) is 18.2 Å². The number of amides is 2. The van der Waals surface area contributed by atoms with Crippen LogP contribution in [0.5, 0.6) is 0 Å². The second-order valence-electron chi connectivity index (χ2n) is 5.03. The number of hydrogen-bond donors (Lipinski definition) is 0. The molecule has 1 fully saturated rings. The van der Waals surface area contributed by atoms with Gasteiger partial charge in [0.2, 0.25) is 11.8 Å². The van der Waals surface area contributed by atoms with Crippen molar-refractivity contribution in [3.05, 3.63) is 35.9 Å². The molecule has 2 unspecified atom stereocenters. The summed E-state index contributed by atoms with van der Waals surface area (Å²) in [5, 5.41) is 0. The van der Waals surface area contributed by atoms with Gasteiger partial charge in [-0.3, -0.25) is 14.5 Å². The molecule has 1 aliphatic heterocycles. The fourth-order valence-corrected chi connectivity index (χ4v) is 2.56. The Balaban J connectivity index is 2.40. The minimum absolute atomic E-state index is 0.179. The van der Waals surface area contributed by atoms with Gasteiger partial charge in [-0.1, -0.05) is 43.2 Å². The van der Waals surface area contributed by atoms with Crippen molar-refractivity contribution in [2.24, 2.45) is 0 Å². The molecule has 1 aromatic carbocycles. The van der Waals surface area contributed by atoms with E-state index in [9.17, 15) is 9.59 Å². The van der Waals surface area contributed by atoms with Crippen LogP contribution in [-0.4, -0.2) is 22.8 Å². The van der Waals surface area contributed by atoms with Crippen LogP contribution < -0.4 is 0 Å². The summed E-state index contributed by atoms with van der Waals surface area (Å²) in [6.07, 6.45) is 6.19. The van der Waals surface area contributed by atoms with Crippen molar-refractivity contribution in [1.29, 1.82) is 0 Å². The van der Waals surface area contributed by atoms with E-state index in [1.807, 2.05) is 44.2 Å². The summed E-state index contributed by atoms with van der Waals surface area (Å²) >= 11 is 0. The first-order valence-corrected chi connectivity index (χ1v) is 6.42. The number of likely N-dealkylation sites (tertiary alicyclic amines) is 1. The van der Waals surface area contributed by atoms with Crippen molar-refractivity contribution in [2.75, 3.05) is 0 Å². The number of benzene rings is 1. The third-order valence-corrected chi connectivity index (χ3v) is 3.77. The van der Waals surface area contributed by atoms with Gasteiger partial charge in [-0.15, -0.1) is 6.42 Å². The zero-order valence-electron chi connectivity index (χ0n) is 11.2. The van der Waals surface area contributed by atoms with Crippen molar-refractivity contribution >= 4 is 11.8 Å². The number of nitrogens with zero attached hydrogens (tertiary/aromatic N) is 1. The second-order valence-corrected chi connectivity index (χ2v) is 5.03. The zero-order chi connectivity index (χ0) is 14.0. The third kappa shape index (κ3) is 2.04. The van der Waals surface area contributed by atoms with Gasteiger partial charge in [0.1, 0.15) is 6.04 Å². The van der Waals surface area contributed by atoms with Crippen LogP contribution >= 0.6 is 0 Å². The molecule has 0 aromatic heterocycles. The molecule has 0 aliphatic carbocycles. The van der Waals surface area contributed by atoms with Crippen LogP contribution in [0.1, 0.15) is 32.3 Å². The smallest absolute Gasteiger partial charge is 0.241 e. The van der Waals surface area contributed by atoms with E-state index in [1.165, 1.54) is 4.90 Å². The Bertz CT molecular complexity index is 544. The monoisotopic (exact) mass is 255 g/mol. The van der Waals surface area contributed by atoms with Crippen molar-refractivity contribution in [1.82, 2.24) is 4.90 Å². The standard InChI is InChI=1S/C16H17NO2/c1-4-13(5-2)17-14(18)11-16(3,15(17)19)12-9-7-6-8-10-12/h1,6-10,13H,5,11H2,2-3H3. The first kappa shape index (κ1) is 13.4. The van der Waals surface area contributed by atoms with Crippen LogP contribution in [0.25, 0.3) is 0 Å². The fourth-order valence-electron chi connectivity index (χ4n) is 2.56. The zero-order valence-corrected chi connectivity index (χ0v) is 11.2. The molecule has 1 aromatic rings. The molecule has 2 atom stereocenters. The summed E-state index contributed by atoms with van der Waals surface area (Å²) in [7, 11) is 0. The summed E-state index contributed by atoms with van der Waals surface area (Å²) in [5.74, 6) is 2.16. The molecule has 0 bridgehead atoms. The normalized spacial score (nSPS) is 24.4. The van der Waals surface area contributed by atoms with Crippen molar-refractivity contribution in [2.45, 2.75) is 38.1 Å². The molecule has 3 nitrogen and oxygen atoms in total. The predicted octanol–water partition coefficient (Wildman–Crippen LogP) is 2.12. The molecule has 0 N–H and O–H groups in total. The molecule has 0 saturated carbocycles. The lowest BCUT2D eigenvalue weighted by Crippen LogP contribution is -2.42.